The number of benzene rings is 3. The Hall–Kier alpha value is -3.64. The van der Waals surface area contributed by atoms with Gasteiger partial charge >= 0.3 is 12.0 Å². The maximum absolute atomic E-state index is 12.9. The van der Waals surface area contributed by atoms with Crippen molar-refractivity contribution in [2.75, 3.05) is 38.6 Å². The summed E-state index contributed by atoms with van der Waals surface area (Å²) in [7, 11) is 1.33. The van der Waals surface area contributed by atoms with Crippen molar-refractivity contribution < 1.29 is 14.3 Å². The maximum atomic E-state index is 12.9. The molecule has 0 radical (unpaired) electrons. The molecule has 2 amide bonds. The van der Waals surface area contributed by atoms with Gasteiger partial charge in [-0.1, -0.05) is 72.8 Å². The first kappa shape index (κ1) is 21.6. The fraction of sp³-hybridized carbons (Fsp3) is 0.231. The number of amides is 2. The van der Waals surface area contributed by atoms with E-state index in [0.717, 1.165) is 13.1 Å². The van der Waals surface area contributed by atoms with Gasteiger partial charge in [0.25, 0.3) is 0 Å². The number of hydrogen-bond donors (Lipinski definition) is 1. The molecule has 0 aliphatic carbocycles. The van der Waals surface area contributed by atoms with Gasteiger partial charge in [-0.25, -0.2) is 9.59 Å². The number of ether oxygens (including phenoxy) is 1. The number of anilines is 1. The SMILES string of the molecule is COC(=O)c1ccccc1NC(=O)N1CCN(C(c2ccccc2)c2ccccc2)CC1. The normalized spacial score (nSPS) is 14.2. The van der Waals surface area contributed by atoms with E-state index in [1.165, 1.54) is 18.2 Å². The molecule has 3 aromatic carbocycles. The molecule has 1 aliphatic rings. The van der Waals surface area contributed by atoms with Crippen molar-refractivity contribution in [3.8, 4) is 0 Å². The predicted octanol–water partition coefficient (Wildman–Crippen LogP) is 4.41. The lowest BCUT2D eigenvalue weighted by Crippen LogP contribution is -2.51. The number of rotatable bonds is 5. The van der Waals surface area contributed by atoms with Crippen molar-refractivity contribution in [1.82, 2.24) is 9.80 Å². The smallest absolute Gasteiger partial charge is 0.339 e. The van der Waals surface area contributed by atoms with Crippen LogP contribution in [0.15, 0.2) is 84.9 Å². The molecule has 164 valence electrons. The molecule has 1 fully saturated rings. The summed E-state index contributed by atoms with van der Waals surface area (Å²) in [6.07, 6.45) is 0. The highest BCUT2D eigenvalue weighted by atomic mass is 16.5. The first-order chi connectivity index (χ1) is 15.7. The Labute approximate surface area is 188 Å². The summed E-state index contributed by atoms with van der Waals surface area (Å²) in [4.78, 5) is 29.1. The van der Waals surface area contributed by atoms with Crippen molar-refractivity contribution >= 4 is 17.7 Å². The average Bonchev–Trinajstić information content (AvgIpc) is 2.86. The molecule has 0 unspecified atom stereocenters. The third-order valence-electron chi connectivity index (χ3n) is 5.77. The van der Waals surface area contributed by atoms with Crippen LogP contribution in [-0.4, -0.2) is 55.1 Å². The molecule has 1 aliphatic heterocycles. The standard InChI is InChI=1S/C26H27N3O3/c1-32-25(30)22-14-8-9-15-23(22)27-26(31)29-18-16-28(17-19-29)24(20-10-4-2-5-11-20)21-12-6-3-7-13-21/h2-15,24H,16-19H2,1H3,(H,27,31). The molecule has 6 nitrogen and oxygen atoms in total. The summed E-state index contributed by atoms with van der Waals surface area (Å²) >= 11 is 0. The molecule has 1 heterocycles. The van der Waals surface area contributed by atoms with Crippen LogP contribution < -0.4 is 5.32 Å². The maximum Gasteiger partial charge on any atom is 0.339 e. The molecular formula is C26H27N3O3. The van der Waals surface area contributed by atoms with Crippen LogP contribution in [0.4, 0.5) is 10.5 Å². The molecule has 0 aromatic heterocycles. The Morgan fingerprint density at radius 3 is 1.88 bits per heavy atom. The van der Waals surface area contributed by atoms with Gasteiger partial charge in [0.2, 0.25) is 0 Å². The second-order valence-electron chi connectivity index (χ2n) is 7.71. The van der Waals surface area contributed by atoms with E-state index in [2.05, 4.69) is 58.7 Å². The Kier molecular flexibility index (Phi) is 6.82. The number of nitrogens with zero attached hydrogens (tertiary/aromatic N) is 2. The summed E-state index contributed by atoms with van der Waals surface area (Å²) in [5.74, 6) is -0.473. The molecule has 6 heteroatoms. The van der Waals surface area contributed by atoms with Crippen LogP contribution in [0.3, 0.4) is 0 Å². The zero-order valence-electron chi connectivity index (χ0n) is 18.1. The molecule has 0 saturated carbocycles. The van der Waals surface area contributed by atoms with E-state index in [-0.39, 0.29) is 12.1 Å². The molecule has 0 spiro atoms. The number of hydrogen-bond acceptors (Lipinski definition) is 4. The molecule has 0 atom stereocenters. The Morgan fingerprint density at radius 2 is 1.31 bits per heavy atom. The lowest BCUT2D eigenvalue weighted by atomic mass is 9.96. The van der Waals surface area contributed by atoms with Crippen molar-refractivity contribution in [1.29, 1.82) is 0 Å². The van der Waals surface area contributed by atoms with Gasteiger partial charge in [0, 0.05) is 26.2 Å². The average molecular weight is 430 g/mol. The van der Waals surface area contributed by atoms with Gasteiger partial charge < -0.3 is 15.0 Å². The fourth-order valence-electron chi connectivity index (χ4n) is 4.14. The highest BCUT2D eigenvalue weighted by Gasteiger charge is 2.28. The van der Waals surface area contributed by atoms with Crippen LogP contribution in [0.25, 0.3) is 0 Å². The first-order valence-corrected chi connectivity index (χ1v) is 10.7. The van der Waals surface area contributed by atoms with Crippen molar-refractivity contribution in [2.24, 2.45) is 0 Å². The number of methoxy groups -OCH3 is 1. The van der Waals surface area contributed by atoms with E-state index in [1.54, 1.807) is 29.2 Å². The zero-order valence-corrected chi connectivity index (χ0v) is 18.1. The molecule has 0 bridgehead atoms. The lowest BCUT2D eigenvalue weighted by Gasteiger charge is -2.39. The number of urea groups is 1. The summed E-state index contributed by atoms with van der Waals surface area (Å²) in [5.41, 5.74) is 3.28. The van der Waals surface area contributed by atoms with Gasteiger partial charge in [0.05, 0.1) is 24.4 Å². The second-order valence-corrected chi connectivity index (χ2v) is 7.71. The van der Waals surface area contributed by atoms with E-state index in [9.17, 15) is 9.59 Å². The van der Waals surface area contributed by atoms with Gasteiger partial charge in [0.15, 0.2) is 0 Å². The molecule has 1 saturated heterocycles. The second kappa shape index (κ2) is 10.1. The first-order valence-electron chi connectivity index (χ1n) is 10.7. The van der Waals surface area contributed by atoms with Crippen molar-refractivity contribution in [3.05, 3.63) is 102 Å². The number of piperazine rings is 1. The van der Waals surface area contributed by atoms with Crippen LogP contribution in [0.1, 0.15) is 27.5 Å². The van der Waals surface area contributed by atoms with E-state index in [4.69, 9.17) is 4.74 Å². The third-order valence-corrected chi connectivity index (χ3v) is 5.77. The summed E-state index contributed by atoms with van der Waals surface area (Å²) in [6.45, 7) is 2.70. The van der Waals surface area contributed by atoms with E-state index in [1.807, 2.05) is 12.1 Å². The third kappa shape index (κ3) is 4.81. The Morgan fingerprint density at radius 1 is 0.781 bits per heavy atom. The quantitative estimate of drug-likeness (QED) is 0.610. The van der Waals surface area contributed by atoms with Gasteiger partial charge in [-0.15, -0.1) is 0 Å². The molecule has 3 aromatic rings. The van der Waals surface area contributed by atoms with Crippen molar-refractivity contribution in [3.63, 3.8) is 0 Å². The number of nitrogens with one attached hydrogen (secondary N) is 1. The van der Waals surface area contributed by atoms with Gasteiger partial charge in [-0.3, -0.25) is 4.90 Å². The topological polar surface area (TPSA) is 61.9 Å². The summed E-state index contributed by atoms with van der Waals surface area (Å²) in [5, 5.41) is 2.87. The highest BCUT2D eigenvalue weighted by Crippen LogP contribution is 2.29. The number of para-hydroxylation sites is 1. The highest BCUT2D eigenvalue weighted by molar-refractivity contribution is 6.00. The number of esters is 1. The minimum Gasteiger partial charge on any atom is -0.465 e. The molecule has 4 rings (SSSR count). The van der Waals surface area contributed by atoms with Crippen LogP contribution in [0.2, 0.25) is 0 Å². The zero-order chi connectivity index (χ0) is 22.3. The van der Waals surface area contributed by atoms with Gasteiger partial charge in [-0.2, -0.15) is 0 Å². The van der Waals surface area contributed by atoms with Crippen LogP contribution >= 0.6 is 0 Å². The van der Waals surface area contributed by atoms with Crippen LogP contribution in [-0.2, 0) is 4.74 Å². The van der Waals surface area contributed by atoms with Crippen LogP contribution in [0.5, 0.6) is 0 Å². The van der Waals surface area contributed by atoms with Gasteiger partial charge in [0.1, 0.15) is 0 Å². The van der Waals surface area contributed by atoms with Gasteiger partial charge in [-0.05, 0) is 23.3 Å². The van der Waals surface area contributed by atoms with E-state index in [0.29, 0.717) is 24.3 Å². The lowest BCUT2D eigenvalue weighted by molar-refractivity contribution is 0.0602. The molecular weight excluding hydrogens is 402 g/mol. The largest absolute Gasteiger partial charge is 0.465 e. The monoisotopic (exact) mass is 429 g/mol. The molecule has 32 heavy (non-hydrogen) atoms. The minimum absolute atomic E-state index is 0.141. The predicted molar refractivity (Wildman–Crippen MR) is 125 cm³/mol. The minimum atomic E-state index is -0.473. The molecule has 1 N–H and O–H groups in total. The Balaban J connectivity index is 1.45. The van der Waals surface area contributed by atoms with E-state index >= 15 is 0 Å². The summed E-state index contributed by atoms with van der Waals surface area (Å²) in [6, 6.07) is 27.7. The summed E-state index contributed by atoms with van der Waals surface area (Å²) < 4.78 is 4.82. The van der Waals surface area contributed by atoms with E-state index < -0.39 is 5.97 Å². The fourth-order valence-corrected chi connectivity index (χ4v) is 4.14. The Bertz CT molecular complexity index is 1010. The van der Waals surface area contributed by atoms with Crippen LogP contribution in [0, 0.1) is 0 Å². The van der Waals surface area contributed by atoms with Crippen molar-refractivity contribution in [2.45, 2.75) is 6.04 Å². The number of carbonyl (C=O) groups is 2. The number of carbonyl (C=O) groups excluding carboxylic acids is 2.